The summed E-state index contributed by atoms with van der Waals surface area (Å²) >= 11 is 1.48. The molecule has 85 heavy (non-hydrogen) atoms. The zero-order valence-corrected chi connectivity index (χ0v) is 53.2. The van der Waals surface area contributed by atoms with Crippen molar-refractivity contribution in [3.63, 3.8) is 0 Å². The lowest BCUT2D eigenvalue weighted by Crippen LogP contribution is -2.60. The van der Waals surface area contributed by atoms with Crippen LogP contribution in [0.5, 0.6) is 0 Å². The van der Waals surface area contributed by atoms with Crippen LogP contribution in [-0.4, -0.2) is 157 Å². The molecule has 4 rings (SSSR count). The standard InChI is InChI=1S/C62H96N10O12S/c1-15-17-24-45(66-58(77)51(37(3)4)68-49(73)36-84-63)57(76)65-44-28-26-43(27-29-44)35-83-62(80)71(12)53(39(7)8)59(78)69-52(38(5)6)61(79)70(11)54(40(9)16-2)48(81-13)34-50(74)72-31-21-25-47(72)55(82-14)41(10)56(75)67-46(60-64-30-32-85-60)33-42-22-19-18-20-23-42/h18-20,22-23,26-30,32,37-41,45-48,51-55H,15-17,21,24-25,31,33-36,63H2,1-14H3,(H,65,76)(H,66,77)(H,67,75)(H,68,73)(H,69,78)/t40-,41+,45-,46-,47-,48+,51-,52-,53-,54-,55+/m0/s1. The van der Waals surface area contributed by atoms with E-state index in [0.29, 0.717) is 56.3 Å². The summed E-state index contributed by atoms with van der Waals surface area (Å²) in [6, 6.07) is 11.3. The molecule has 7 N–H and O–H groups in total. The van der Waals surface area contributed by atoms with E-state index in [1.54, 1.807) is 82.1 Å². The van der Waals surface area contributed by atoms with Crippen molar-refractivity contribution in [3.8, 4) is 0 Å². The van der Waals surface area contributed by atoms with Gasteiger partial charge in [0, 0.05) is 52.1 Å². The van der Waals surface area contributed by atoms with Gasteiger partial charge in [-0.3, -0.25) is 43.3 Å². The number of hydrogen-bond acceptors (Lipinski definition) is 15. The molecule has 2 heterocycles. The van der Waals surface area contributed by atoms with Gasteiger partial charge in [-0.2, -0.15) is 0 Å². The maximum atomic E-state index is 14.8. The second-order valence-electron chi connectivity index (χ2n) is 23.3. The van der Waals surface area contributed by atoms with Gasteiger partial charge in [0.15, 0.2) is 0 Å². The minimum absolute atomic E-state index is 0.0567. The first-order valence-corrected chi connectivity index (χ1v) is 30.7. The average Bonchev–Trinajstić information content (AvgIpc) is 3.28. The number of ether oxygens (including phenoxy) is 3. The summed E-state index contributed by atoms with van der Waals surface area (Å²) < 4.78 is 17.9. The summed E-state index contributed by atoms with van der Waals surface area (Å²) in [5, 5.41) is 17.1. The third-order valence-electron chi connectivity index (χ3n) is 16.0. The Hall–Kier alpha value is -6.53. The van der Waals surface area contributed by atoms with Crippen molar-refractivity contribution in [3.05, 3.63) is 82.3 Å². The number of nitrogens with zero attached hydrogens (tertiary/aromatic N) is 4. The Kier molecular flexibility index (Phi) is 29.4. The van der Waals surface area contributed by atoms with Gasteiger partial charge in [0.05, 0.1) is 42.7 Å². The number of nitrogens with one attached hydrogen (secondary N) is 5. The maximum absolute atomic E-state index is 14.8. The highest BCUT2D eigenvalue weighted by Crippen LogP contribution is 2.31. The van der Waals surface area contributed by atoms with Crippen LogP contribution < -0.4 is 32.5 Å². The molecule has 472 valence electrons. The van der Waals surface area contributed by atoms with Crippen LogP contribution in [0.3, 0.4) is 0 Å². The molecule has 3 aromatic rings. The lowest BCUT2D eigenvalue weighted by Gasteiger charge is -2.41. The first-order valence-electron chi connectivity index (χ1n) is 29.8. The molecular weight excluding hydrogens is 1110 g/mol. The Morgan fingerprint density at radius 1 is 0.765 bits per heavy atom. The van der Waals surface area contributed by atoms with Crippen molar-refractivity contribution in [2.24, 2.45) is 35.5 Å². The first kappa shape index (κ1) is 71.0. The number of unbranched alkanes of at least 4 members (excludes halogenated alkanes) is 1. The van der Waals surface area contributed by atoms with E-state index in [1.165, 1.54) is 30.4 Å². The average molecular weight is 1210 g/mol. The van der Waals surface area contributed by atoms with Gasteiger partial charge in [-0.15, -0.1) is 11.3 Å². The minimum atomic E-state index is -1.04. The summed E-state index contributed by atoms with van der Waals surface area (Å²) in [7, 11) is 6.22. The summed E-state index contributed by atoms with van der Waals surface area (Å²) in [4.78, 5) is 124. The fourth-order valence-corrected chi connectivity index (χ4v) is 11.7. The Bertz CT molecular complexity index is 2590. The lowest BCUT2D eigenvalue weighted by atomic mass is 9.89. The number of methoxy groups -OCH3 is 2. The number of anilines is 1. The highest BCUT2D eigenvalue weighted by atomic mass is 32.1. The van der Waals surface area contributed by atoms with Gasteiger partial charge < -0.3 is 50.6 Å². The fourth-order valence-electron chi connectivity index (χ4n) is 11.0. The number of thiazole rings is 1. The van der Waals surface area contributed by atoms with Crippen LogP contribution in [-0.2, 0) is 65.6 Å². The molecule has 1 aliphatic heterocycles. The van der Waals surface area contributed by atoms with Gasteiger partial charge in [-0.05, 0) is 72.6 Å². The Labute approximate surface area is 507 Å². The van der Waals surface area contributed by atoms with Crippen LogP contribution in [0.2, 0.25) is 0 Å². The molecule has 0 aliphatic carbocycles. The maximum Gasteiger partial charge on any atom is 0.410 e. The molecular formula is C62H96N10O12S. The predicted octanol–water partition coefficient (Wildman–Crippen LogP) is 6.54. The number of likely N-dealkylation sites (N-methyl/N-ethyl adjacent to an activating group) is 2. The van der Waals surface area contributed by atoms with Crippen LogP contribution in [0, 0.1) is 29.6 Å². The highest BCUT2D eigenvalue weighted by Gasteiger charge is 2.44. The van der Waals surface area contributed by atoms with Crippen LogP contribution >= 0.6 is 11.3 Å². The molecule has 23 heteroatoms. The molecule has 1 aromatic heterocycles. The summed E-state index contributed by atoms with van der Waals surface area (Å²) in [6.45, 7) is 18.4. The molecule has 0 radical (unpaired) electrons. The summed E-state index contributed by atoms with van der Waals surface area (Å²) in [5.41, 5.74) is 2.07. The molecule has 11 atom stereocenters. The van der Waals surface area contributed by atoms with E-state index in [9.17, 15) is 38.4 Å². The van der Waals surface area contributed by atoms with Gasteiger partial charge in [-0.25, -0.2) is 15.7 Å². The summed E-state index contributed by atoms with van der Waals surface area (Å²) in [6.07, 6.45) is 3.85. The van der Waals surface area contributed by atoms with Crippen molar-refractivity contribution < 1.29 is 57.4 Å². The number of likely N-dealkylation sites (tertiary alicyclic amines) is 1. The largest absolute Gasteiger partial charge is 0.445 e. The SMILES string of the molecule is CCCC[C@H](NC(=O)[C@@H](NC(=O)CON)C(C)C)C(=O)Nc1ccc(COC(=O)N(C)[C@H](C(=O)N[C@H](C(=O)N(C)[C@@H]([C@@H](C)CC)[C@@H](CC(=O)N2CCC[C@H]2[C@H](OC)[C@@H](C)C(=O)N[C@@H](Cc2ccccc2)c2nccs2)OC)C(C)C)C(C)C)cc1. The van der Waals surface area contributed by atoms with Crippen LogP contribution in [0.4, 0.5) is 10.5 Å². The quantitative estimate of drug-likeness (QED) is 0.0347. The number of benzene rings is 2. The van der Waals surface area contributed by atoms with Crippen molar-refractivity contribution in [2.75, 3.05) is 46.8 Å². The smallest absolute Gasteiger partial charge is 0.410 e. The van der Waals surface area contributed by atoms with Crippen molar-refractivity contribution in [1.82, 2.24) is 41.0 Å². The number of rotatable bonds is 34. The number of amides is 8. The van der Waals surface area contributed by atoms with E-state index < -0.39 is 108 Å². The van der Waals surface area contributed by atoms with Gasteiger partial charge in [-0.1, -0.05) is 131 Å². The number of carbonyl (C=O) groups excluding carboxylic acids is 8. The molecule has 0 saturated carbocycles. The minimum Gasteiger partial charge on any atom is -0.445 e. The first-order chi connectivity index (χ1) is 40.4. The van der Waals surface area contributed by atoms with E-state index in [2.05, 4.69) is 36.4 Å². The van der Waals surface area contributed by atoms with Crippen LogP contribution in [0.1, 0.15) is 136 Å². The third-order valence-corrected chi connectivity index (χ3v) is 16.9. The molecule has 1 saturated heterocycles. The molecule has 1 aliphatic rings. The zero-order valence-electron chi connectivity index (χ0n) is 52.4. The normalized spacial score (nSPS) is 16.9. The highest BCUT2D eigenvalue weighted by molar-refractivity contribution is 7.09. The van der Waals surface area contributed by atoms with E-state index in [1.807, 2.05) is 77.3 Å². The molecule has 0 unspecified atom stereocenters. The fraction of sp³-hybridized carbons (Fsp3) is 0.629. The second-order valence-corrected chi connectivity index (χ2v) is 24.2. The van der Waals surface area contributed by atoms with E-state index in [4.69, 9.17) is 20.1 Å². The molecule has 0 spiro atoms. The predicted molar refractivity (Wildman–Crippen MR) is 326 cm³/mol. The van der Waals surface area contributed by atoms with Crippen molar-refractivity contribution >= 4 is 64.5 Å². The van der Waals surface area contributed by atoms with Gasteiger partial charge >= 0.3 is 6.09 Å². The molecule has 1 fully saturated rings. The van der Waals surface area contributed by atoms with Crippen LogP contribution in [0.25, 0.3) is 0 Å². The zero-order chi connectivity index (χ0) is 63.1. The summed E-state index contributed by atoms with van der Waals surface area (Å²) in [5.74, 6) is 0.258. The molecule has 8 amide bonds. The van der Waals surface area contributed by atoms with Gasteiger partial charge in [0.1, 0.15) is 42.4 Å². The Morgan fingerprint density at radius 3 is 2.00 bits per heavy atom. The van der Waals surface area contributed by atoms with Crippen molar-refractivity contribution in [1.29, 1.82) is 0 Å². The second kappa shape index (κ2) is 35.2. The molecule has 22 nitrogen and oxygen atoms in total. The number of carbonyl (C=O) groups is 8. The van der Waals surface area contributed by atoms with Gasteiger partial charge in [0.2, 0.25) is 41.4 Å². The number of hydrogen-bond donors (Lipinski definition) is 6. The number of nitrogens with two attached hydrogens (primary N) is 1. The molecule has 2 aromatic carbocycles. The monoisotopic (exact) mass is 1200 g/mol. The lowest BCUT2D eigenvalue weighted by molar-refractivity contribution is -0.148. The molecule has 0 bridgehead atoms. The van der Waals surface area contributed by atoms with Crippen LogP contribution in [0.15, 0.2) is 66.2 Å². The van der Waals surface area contributed by atoms with E-state index in [-0.39, 0.29) is 42.7 Å². The Morgan fingerprint density at radius 2 is 1.44 bits per heavy atom. The van der Waals surface area contributed by atoms with Gasteiger partial charge in [0.25, 0.3) is 0 Å². The van der Waals surface area contributed by atoms with E-state index >= 15 is 0 Å². The Balaban J connectivity index is 1.41. The van der Waals surface area contributed by atoms with E-state index in [0.717, 1.165) is 17.0 Å². The topological polar surface area (TPSA) is 282 Å². The third kappa shape index (κ3) is 20.6. The number of aromatic nitrogens is 1. The van der Waals surface area contributed by atoms with Crippen molar-refractivity contribution in [2.45, 2.75) is 182 Å².